The molecule has 1 fully saturated rings. The van der Waals surface area contributed by atoms with Crippen LogP contribution < -0.4 is 5.32 Å². The zero-order valence-electron chi connectivity index (χ0n) is 20.7. The Morgan fingerprint density at radius 1 is 0.972 bits per heavy atom. The minimum absolute atomic E-state index is 0.101. The predicted molar refractivity (Wildman–Crippen MR) is 140 cm³/mol. The fourth-order valence-corrected chi connectivity index (χ4v) is 4.70. The van der Waals surface area contributed by atoms with Crippen molar-refractivity contribution in [2.24, 2.45) is 5.92 Å². The zero-order chi connectivity index (χ0) is 25.7. The van der Waals surface area contributed by atoms with E-state index in [1.807, 2.05) is 55.5 Å². The van der Waals surface area contributed by atoms with E-state index in [9.17, 15) is 19.5 Å². The van der Waals surface area contributed by atoms with Gasteiger partial charge < -0.3 is 15.3 Å². The first-order chi connectivity index (χ1) is 17.3. The van der Waals surface area contributed by atoms with Gasteiger partial charge in [0, 0.05) is 25.1 Å². The van der Waals surface area contributed by atoms with E-state index in [1.54, 1.807) is 17.0 Å². The van der Waals surface area contributed by atoms with Gasteiger partial charge in [0.2, 0.25) is 5.91 Å². The molecular weight excluding hydrogens is 452 g/mol. The van der Waals surface area contributed by atoms with Crippen molar-refractivity contribution in [1.82, 2.24) is 10.2 Å². The first kappa shape index (κ1) is 25.2. The topological polar surface area (TPSA) is 86.7 Å². The van der Waals surface area contributed by atoms with Crippen LogP contribution in [0.25, 0.3) is 11.1 Å². The summed E-state index contributed by atoms with van der Waals surface area (Å²) >= 11 is 0. The van der Waals surface area contributed by atoms with Crippen LogP contribution in [0.4, 0.5) is 0 Å². The molecule has 2 atom stereocenters. The van der Waals surface area contributed by atoms with E-state index in [1.165, 1.54) is 5.56 Å². The molecule has 0 radical (unpaired) electrons. The maximum absolute atomic E-state index is 13.0. The van der Waals surface area contributed by atoms with Crippen LogP contribution in [-0.4, -0.2) is 46.9 Å². The van der Waals surface area contributed by atoms with Crippen LogP contribution in [0.2, 0.25) is 0 Å². The number of rotatable bonds is 7. The molecule has 0 aliphatic carbocycles. The van der Waals surface area contributed by atoms with Crippen molar-refractivity contribution < 1.29 is 19.5 Å². The van der Waals surface area contributed by atoms with Crippen molar-refractivity contribution in [3.8, 4) is 11.1 Å². The van der Waals surface area contributed by atoms with Gasteiger partial charge in [-0.1, -0.05) is 66.2 Å². The lowest BCUT2D eigenvalue weighted by atomic mass is 9.95. The van der Waals surface area contributed by atoms with Gasteiger partial charge in [0.25, 0.3) is 5.91 Å². The number of carbonyl (C=O) groups is 3. The second-order valence-corrected chi connectivity index (χ2v) is 9.57. The largest absolute Gasteiger partial charge is 0.480 e. The van der Waals surface area contributed by atoms with Crippen LogP contribution in [0, 0.1) is 19.8 Å². The molecule has 6 heteroatoms. The highest BCUT2D eigenvalue weighted by atomic mass is 16.4. The summed E-state index contributed by atoms with van der Waals surface area (Å²) in [6, 6.07) is 22.2. The molecule has 0 aromatic heterocycles. The molecule has 4 rings (SSSR count). The highest BCUT2D eigenvalue weighted by molar-refractivity contribution is 5.95. The highest BCUT2D eigenvalue weighted by Crippen LogP contribution is 2.24. The second-order valence-electron chi connectivity index (χ2n) is 9.57. The normalized spacial score (nSPS) is 16.3. The number of amides is 2. The van der Waals surface area contributed by atoms with Crippen molar-refractivity contribution in [2.75, 3.05) is 13.1 Å². The molecule has 1 saturated heterocycles. The average Bonchev–Trinajstić information content (AvgIpc) is 2.89. The summed E-state index contributed by atoms with van der Waals surface area (Å²) in [6.45, 7) is 4.90. The number of aliphatic carboxylic acids is 1. The number of piperidine rings is 1. The van der Waals surface area contributed by atoms with E-state index in [0.29, 0.717) is 24.9 Å². The molecule has 1 heterocycles. The lowest BCUT2D eigenvalue weighted by Gasteiger charge is -2.32. The van der Waals surface area contributed by atoms with Gasteiger partial charge in [-0.05, 0) is 61.1 Å². The van der Waals surface area contributed by atoms with Gasteiger partial charge in [0.05, 0.1) is 5.92 Å². The van der Waals surface area contributed by atoms with Gasteiger partial charge in [0.15, 0.2) is 0 Å². The van der Waals surface area contributed by atoms with Crippen LogP contribution in [0.5, 0.6) is 0 Å². The fraction of sp³-hybridized carbons (Fsp3) is 0.300. The quantitative estimate of drug-likeness (QED) is 0.512. The molecule has 3 aromatic rings. The summed E-state index contributed by atoms with van der Waals surface area (Å²) in [5.74, 6) is -1.93. The van der Waals surface area contributed by atoms with Crippen molar-refractivity contribution >= 4 is 17.8 Å². The summed E-state index contributed by atoms with van der Waals surface area (Å²) in [5, 5.41) is 12.5. The predicted octanol–water partition coefficient (Wildman–Crippen LogP) is 4.63. The van der Waals surface area contributed by atoms with Crippen molar-refractivity contribution in [3.05, 3.63) is 95.1 Å². The number of carboxylic acids is 1. The summed E-state index contributed by atoms with van der Waals surface area (Å²) < 4.78 is 0. The Hall–Kier alpha value is -3.93. The monoisotopic (exact) mass is 484 g/mol. The minimum atomic E-state index is -1.07. The van der Waals surface area contributed by atoms with E-state index >= 15 is 0 Å². The second kappa shape index (κ2) is 11.2. The van der Waals surface area contributed by atoms with Crippen molar-refractivity contribution in [3.63, 3.8) is 0 Å². The molecule has 1 aliphatic rings. The minimum Gasteiger partial charge on any atom is -0.480 e. The Morgan fingerprint density at radius 2 is 1.67 bits per heavy atom. The van der Waals surface area contributed by atoms with Crippen LogP contribution in [-0.2, 0) is 16.0 Å². The Labute approximate surface area is 212 Å². The van der Waals surface area contributed by atoms with Crippen molar-refractivity contribution in [2.45, 2.75) is 39.2 Å². The van der Waals surface area contributed by atoms with Gasteiger partial charge in [-0.2, -0.15) is 0 Å². The summed E-state index contributed by atoms with van der Waals surface area (Å²) in [4.78, 5) is 39.6. The van der Waals surface area contributed by atoms with Gasteiger partial charge >= 0.3 is 5.97 Å². The third kappa shape index (κ3) is 6.00. The first-order valence-corrected chi connectivity index (χ1v) is 12.4. The van der Waals surface area contributed by atoms with E-state index < -0.39 is 17.9 Å². The molecule has 2 amide bonds. The van der Waals surface area contributed by atoms with Gasteiger partial charge in [0.1, 0.15) is 6.04 Å². The first-order valence-electron chi connectivity index (χ1n) is 12.4. The Morgan fingerprint density at radius 3 is 2.33 bits per heavy atom. The van der Waals surface area contributed by atoms with Crippen molar-refractivity contribution in [1.29, 1.82) is 0 Å². The van der Waals surface area contributed by atoms with Gasteiger partial charge in [-0.15, -0.1) is 0 Å². The van der Waals surface area contributed by atoms with Crippen LogP contribution in [0.3, 0.4) is 0 Å². The Kier molecular flexibility index (Phi) is 7.84. The third-order valence-corrected chi connectivity index (χ3v) is 6.84. The number of hydrogen-bond donors (Lipinski definition) is 2. The Balaban J connectivity index is 1.39. The smallest absolute Gasteiger partial charge is 0.326 e. The van der Waals surface area contributed by atoms with E-state index in [0.717, 1.165) is 22.3 Å². The summed E-state index contributed by atoms with van der Waals surface area (Å²) in [5.41, 5.74) is 5.87. The van der Waals surface area contributed by atoms with Gasteiger partial charge in [-0.25, -0.2) is 4.79 Å². The van der Waals surface area contributed by atoms with E-state index in [-0.39, 0.29) is 24.8 Å². The highest BCUT2D eigenvalue weighted by Gasteiger charge is 2.31. The fourth-order valence-electron chi connectivity index (χ4n) is 4.70. The summed E-state index contributed by atoms with van der Waals surface area (Å²) in [7, 11) is 0. The number of carboxylic acid groups (broad SMARTS) is 1. The molecule has 0 saturated carbocycles. The molecule has 36 heavy (non-hydrogen) atoms. The maximum atomic E-state index is 13.0. The Bertz CT molecular complexity index is 1230. The number of nitrogens with zero attached hydrogens (tertiary/aromatic N) is 1. The molecule has 0 bridgehead atoms. The van der Waals surface area contributed by atoms with Crippen LogP contribution in [0.15, 0.2) is 72.8 Å². The average molecular weight is 485 g/mol. The number of aryl methyl sites for hydroxylation is 2. The number of hydrogen-bond acceptors (Lipinski definition) is 3. The van der Waals surface area contributed by atoms with Crippen LogP contribution in [0.1, 0.15) is 39.9 Å². The molecule has 1 unspecified atom stereocenters. The lowest BCUT2D eigenvalue weighted by Crippen LogP contribution is -2.50. The summed E-state index contributed by atoms with van der Waals surface area (Å²) in [6.07, 6.45) is 1.52. The molecule has 0 spiro atoms. The zero-order valence-corrected chi connectivity index (χ0v) is 20.7. The van der Waals surface area contributed by atoms with Crippen LogP contribution >= 0.6 is 0 Å². The van der Waals surface area contributed by atoms with E-state index in [2.05, 4.69) is 24.4 Å². The van der Waals surface area contributed by atoms with Gasteiger partial charge in [-0.3, -0.25) is 9.59 Å². The number of nitrogens with one attached hydrogen (secondary N) is 1. The third-order valence-electron chi connectivity index (χ3n) is 6.84. The standard InChI is InChI=1S/C30H32N2O4/c1-20-9-13-24(14-10-20)29(34)32-17-5-7-25(19-32)28(33)31-27(30(35)36)18-22-11-15-23(16-12-22)26-8-4-3-6-21(26)2/h3-4,6,8-16,25,27H,5,7,17-19H2,1-2H3,(H,31,33)(H,35,36)/t25?,27-/m0/s1. The number of likely N-dealkylation sites (tertiary alicyclic amines) is 1. The maximum Gasteiger partial charge on any atom is 0.326 e. The lowest BCUT2D eigenvalue weighted by molar-refractivity contribution is -0.142. The number of carbonyl (C=O) groups excluding carboxylic acids is 2. The molecule has 1 aliphatic heterocycles. The SMILES string of the molecule is Cc1ccc(C(=O)N2CCCC(C(=O)N[C@@H](Cc3ccc(-c4ccccc4C)cc3)C(=O)O)C2)cc1. The number of benzene rings is 3. The van der Waals surface area contributed by atoms with E-state index in [4.69, 9.17) is 0 Å². The molecule has 2 N–H and O–H groups in total. The molecule has 186 valence electrons. The molecular formula is C30H32N2O4. The molecule has 3 aromatic carbocycles. The molecule has 6 nitrogen and oxygen atoms in total.